The molecule has 4 nitrogen and oxygen atoms in total. The largest absolute Gasteiger partial charge is 0.317 e. The van der Waals surface area contributed by atoms with Crippen molar-refractivity contribution in [1.82, 2.24) is 10.0 Å². The second kappa shape index (κ2) is 6.41. The van der Waals surface area contributed by atoms with Gasteiger partial charge in [-0.15, -0.1) is 0 Å². The lowest BCUT2D eigenvalue weighted by atomic mass is 10.2. The Morgan fingerprint density at radius 3 is 2.59 bits per heavy atom. The summed E-state index contributed by atoms with van der Waals surface area (Å²) in [5, 5.41) is 3.50. The highest BCUT2D eigenvalue weighted by Crippen LogP contribution is 2.24. The Morgan fingerprint density at radius 2 is 1.94 bits per heavy atom. The van der Waals surface area contributed by atoms with E-state index in [2.05, 4.69) is 10.0 Å². The number of sulfonamides is 1. The molecule has 2 fully saturated rings. The summed E-state index contributed by atoms with van der Waals surface area (Å²) in [4.78, 5) is 0. The van der Waals surface area contributed by atoms with Gasteiger partial charge in [-0.1, -0.05) is 6.42 Å². The third kappa shape index (κ3) is 4.12. The molecule has 2 saturated heterocycles. The van der Waals surface area contributed by atoms with E-state index >= 15 is 0 Å². The van der Waals surface area contributed by atoms with E-state index < -0.39 is 10.0 Å². The fourth-order valence-electron chi connectivity index (χ4n) is 2.40. The van der Waals surface area contributed by atoms with Crippen LogP contribution in [0.1, 0.15) is 32.1 Å². The van der Waals surface area contributed by atoms with Crippen molar-refractivity contribution < 1.29 is 8.42 Å². The van der Waals surface area contributed by atoms with Crippen molar-refractivity contribution in [2.24, 2.45) is 0 Å². The Hall–Kier alpha value is 0.220. The quantitative estimate of drug-likeness (QED) is 0.804. The van der Waals surface area contributed by atoms with Crippen LogP contribution in [0.25, 0.3) is 0 Å². The van der Waals surface area contributed by atoms with Gasteiger partial charge in [0.2, 0.25) is 10.0 Å². The van der Waals surface area contributed by atoms with Crippen molar-refractivity contribution in [1.29, 1.82) is 0 Å². The smallest absolute Gasteiger partial charge is 0.214 e. The van der Waals surface area contributed by atoms with Gasteiger partial charge in [-0.2, -0.15) is 11.8 Å². The van der Waals surface area contributed by atoms with E-state index in [1.165, 1.54) is 18.6 Å². The lowest BCUT2D eigenvalue weighted by molar-refractivity contribution is 0.488. The van der Waals surface area contributed by atoms with Gasteiger partial charge < -0.3 is 5.32 Å². The predicted octanol–water partition coefficient (Wildman–Crippen LogP) is 0.943. The zero-order chi connectivity index (χ0) is 12.1. The molecule has 0 amide bonds. The van der Waals surface area contributed by atoms with Crippen LogP contribution in [0.15, 0.2) is 0 Å². The molecule has 1 atom stereocenters. The van der Waals surface area contributed by atoms with Crippen LogP contribution in [0.4, 0.5) is 0 Å². The van der Waals surface area contributed by atoms with Crippen molar-refractivity contribution in [3.05, 3.63) is 0 Å². The SMILES string of the molecule is O=S(=O)(NCC1CCCCS1)C1CCNCC1. The number of thioether (sulfide) groups is 1. The minimum atomic E-state index is -3.09. The summed E-state index contributed by atoms with van der Waals surface area (Å²) in [5.74, 6) is 1.18. The van der Waals surface area contributed by atoms with E-state index in [0.717, 1.165) is 32.4 Å². The van der Waals surface area contributed by atoms with E-state index in [0.29, 0.717) is 11.8 Å². The summed E-state index contributed by atoms with van der Waals surface area (Å²) in [5.41, 5.74) is 0. The van der Waals surface area contributed by atoms with E-state index in [1.54, 1.807) is 0 Å². The number of rotatable bonds is 4. The number of hydrogen-bond acceptors (Lipinski definition) is 4. The maximum atomic E-state index is 12.1. The Labute approximate surface area is 108 Å². The molecular weight excluding hydrogens is 256 g/mol. The highest BCUT2D eigenvalue weighted by molar-refractivity contribution is 8.00. The first-order valence-electron chi connectivity index (χ1n) is 6.49. The Kier molecular flexibility index (Phi) is 5.14. The average molecular weight is 278 g/mol. The molecular formula is C11H22N2O2S2. The molecule has 2 heterocycles. The minimum absolute atomic E-state index is 0.183. The Bertz CT molecular complexity index is 320. The molecule has 0 aromatic carbocycles. The van der Waals surface area contributed by atoms with Crippen molar-refractivity contribution in [3.63, 3.8) is 0 Å². The van der Waals surface area contributed by atoms with Gasteiger partial charge in [0.05, 0.1) is 5.25 Å². The summed E-state index contributed by atoms with van der Waals surface area (Å²) in [6.07, 6.45) is 5.16. The van der Waals surface area contributed by atoms with E-state index in [9.17, 15) is 8.42 Å². The highest BCUT2D eigenvalue weighted by Gasteiger charge is 2.27. The first-order chi connectivity index (χ1) is 8.18. The van der Waals surface area contributed by atoms with Crippen LogP contribution in [0, 0.1) is 0 Å². The minimum Gasteiger partial charge on any atom is -0.317 e. The molecule has 2 rings (SSSR count). The highest BCUT2D eigenvalue weighted by atomic mass is 32.2. The fourth-order valence-corrected chi connectivity index (χ4v) is 5.27. The zero-order valence-electron chi connectivity index (χ0n) is 10.2. The monoisotopic (exact) mass is 278 g/mol. The summed E-state index contributed by atoms with van der Waals surface area (Å²) in [6, 6.07) is 0. The van der Waals surface area contributed by atoms with Crippen molar-refractivity contribution in [2.75, 3.05) is 25.4 Å². The molecule has 0 bridgehead atoms. The van der Waals surface area contributed by atoms with Crippen molar-refractivity contribution >= 4 is 21.8 Å². The second-order valence-electron chi connectivity index (χ2n) is 4.83. The molecule has 2 N–H and O–H groups in total. The molecule has 0 spiro atoms. The molecule has 0 aromatic heterocycles. The first-order valence-corrected chi connectivity index (χ1v) is 9.09. The van der Waals surface area contributed by atoms with Gasteiger partial charge in [-0.25, -0.2) is 13.1 Å². The van der Waals surface area contributed by atoms with Crippen LogP contribution in [0.3, 0.4) is 0 Å². The summed E-state index contributed by atoms with van der Waals surface area (Å²) in [7, 11) is -3.09. The molecule has 0 aliphatic carbocycles. The molecule has 2 aliphatic rings. The molecule has 0 saturated carbocycles. The molecule has 2 aliphatic heterocycles. The maximum Gasteiger partial charge on any atom is 0.214 e. The van der Waals surface area contributed by atoms with Gasteiger partial charge in [-0.05, 0) is 44.5 Å². The molecule has 0 radical (unpaired) electrons. The summed E-state index contributed by atoms with van der Waals surface area (Å²) >= 11 is 1.91. The van der Waals surface area contributed by atoms with Gasteiger partial charge in [0, 0.05) is 11.8 Å². The maximum absolute atomic E-state index is 12.1. The molecule has 6 heteroatoms. The number of nitrogens with one attached hydrogen (secondary N) is 2. The van der Waals surface area contributed by atoms with Crippen LogP contribution in [-0.2, 0) is 10.0 Å². The number of hydrogen-bond donors (Lipinski definition) is 2. The van der Waals surface area contributed by atoms with Crippen LogP contribution in [0.5, 0.6) is 0 Å². The average Bonchev–Trinajstić information content (AvgIpc) is 2.39. The molecule has 100 valence electrons. The molecule has 1 unspecified atom stereocenters. The van der Waals surface area contributed by atoms with Gasteiger partial charge >= 0.3 is 0 Å². The van der Waals surface area contributed by atoms with E-state index in [1.807, 2.05) is 11.8 Å². The third-order valence-corrected chi connectivity index (χ3v) is 6.83. The summed E-state index contributed by atoms with van der Waals surface area (Å²) in [6.45, 7) is 2.27. The van der Waals surface area contributed by atoms with Crippen molar-refractivity contribution in [2.45, 2.75) is 42.6 Å². The molecule has 0 aromatic rings. The Balaban J connectivity index is 1.79. The normalized spacial score (nSPS) is 28.1. The zero-order valence-corrected chi connectivity index (χ0v) is 11.8. The van der Waals surface area contributed by atoms with Crippen LogP contribution in [0.2, 0.25) is 0 Å². The standard InChI is InChI=1S/C11H22N2O2S2/c14-17(15,11-4-6-12-7-5-11)13-9-10-3-1-2-8-16-10/h10-13H,1-9H2. The van der Waals surface area contributed by atoms with E-state index in [-0.39, 0.29) is 5.25 Å². The van der Waals surface area contributed by atoms with E-state index in [4.69, 9.17) is 0 Å². The second-order valence-corrected chi connectivity index (χ2v) is 8.29. The summed E-state index contributed by atoms with van der Waals surface area (Å²) < 4.78 is 27.0. The first kappa shape index (κ1) is 13.6. The van der Waals surface area contributed by atoms with Gasteiger partial charge in [0.15, 0.2) is 0 Å². The van der Waals surface area contributed by atoms with Crippen LogP contribution < -0.4 is 10.0 Å². The topological polar surface area (TPSA) is 58.2 Å². The van der Waals surface area contributed by atoms with Crippen LogP contribution in [-0.4, -0.2) is 44.3 Å². The fraction of sp³-hybridized carbons (Fsp3) is 1.00. The van der Waals surface area contributed by atoms with Crippen LogP contribution >= 0.6 is 11.8 Å². The lowest BCUT2D eigenvalue weighted by Gasteiger charge is -2.25. The lowest BCUT2D eigenvalue weighted by Crippen LogP contribution is -2.43. The van der Waals surface area contributed by atoms with Crippen molar-refractivity contribution in [3.8, 4) is 0 Å². The Morgan fingerprint density at radius 1 is 1.18 bits per heavy atom. The number of piperidine rings is 1. The predicted molar refractivity (Wildman–Crippen MR) is 72.9 cm³/mol. The third-order valence-electron chi connectivity index (χ3n) is 3.51. The van der Waals surface area contributed by atoms with Gasteiger partial charge in [-0.3, -0.25) is 0 Å². The van der Waals surface area contributed by atoms with Gasteiger partial charge in [0.25, 0.3) is 0 Å². The van der Waals surface area contributed by atoms with Gasteiger partial charge in [0.1, 0.15) is 0 Å². The molecule has 17 heavy (non-hydrogen) atoms.